The van der Waals surface area contributed by atoms with Gasteiger partial charge in [-0.1, -0.05) is 31.4 Å². The summed E-state index contributed by atoms with van der Waals surface area (Å²) in [6.45, 7) is 3.91. The smallest absolute Gasteiger partial charge is 0.243 e. The Morgan fingerprint density at radius 1 is 1.24 bits per heavy atom. The zero-order chi connectivity index (χ0) is 20.6. The fraction of sp³-hybridized carbons (Fsp3) is 0.591. The van der Waals surface area contributed by atoms with Crippen LogP contribution in [-0.4, -0.2) is 59.5 Å². The summed E-state index contributed by atoms with van der Waals surface area (Å²) in [5, 5.41) is 6.96. The lowest BCUT2D eigenvalue weighted by molar-refractivity contribution is -0.127. The minimum absolute atomic E-state index is 0.00949. The number of aromatic nitrogens is 2. The number of nitrogens with one attached hydrogen (secondary N) is 2. The van der Waals surface area contributed by atoms with E-state index in [0.29, 0.717) is 6.04 Å². The van der Waals surface area contributed by atoms with Gasteiger partial charge < -0.3 is 20.1 Å². The fourth-order valence-corrected chi connectivity index (χ4v) is 3.80. The SMILES string of the molecule is Cc1nc2ccccc2n1CCCNC(=NCC(=O)N(C)C)NC1CCCCC1. The van der Waals surface area contributed by atoms with Gasteiger partial charge in [0.2, 0.25) is 5.91 Å². The van der Waals surface area contributed by atoms with E-state index in [9.17, 15) is 4.79 Å². The molecule has 0 aliphatic heterocycles. The second-order valence-corrected chi connectivity index (χ2v) is 8.01. The fourth-order valence-electron chi connectivity index (χ4n) is 3.80. The van der Waals surface area contributed by atoms with E-state index in [2.05, 4.69) is 50.3 Å². The monoisotopic (exact) mass is 398 g/mol. The molecule has 0 spiro atoms. The Bertz CT molecular complexity index is 835. The molecule has 1 fully saturated rings. The molecule has 29 heavy (non-hydrogen) atoms. The average Bonchev–Trinajstić information content (AvgIpc) is 3.04. The van der Waals surface area contributed by atoms with Crippen LogP contribution >= 0.6 is 0 Å². The zero-order valence-corrected chi connectivity index (χ0v) is 17.9. The second-order valence-electron chi connectivity index (χ2n) is 8.01. The van der Waals surface area contributed by atoms with Crippen molar-refractivity contribution in [3.05, 3.63) is 30.1 Å². The molecule has 1 aliphatic carbocycles. The molecular formula is C22H34N6O. The van der Waals surface area contributed by atoms with Crippen LogP contribution in [0.5, 0.6) is 0 Å². The number of fused-ring (bicyclic) bond motifs is 1. The molecule has 1 aromatic heterocycles. The second kappa shape index (κ2) is 10.3. The lowest BCUT2D eigenvalue weighted by atomic mass is 9.96. The number of hydrogen-bond acceptors (Lipinski definition) is 3. The van der Waals surface area contributed by atoms with Gasteiger partial charge in [0.25, 0.3) is 0 Å². The average molecular weight is 399 g/mol. The number of carbonyl (C=O) groups excluding carboxylic acids is 1. The molecule has 0 atom stereocenters. The molecule has 1 heterocycles. The molecule has 0 bridgehead atoms. The van der Waals surface area contributed by atoms with Crippen LogP contribution in [0, 0.1) is 6.92 Å². The van der Waals surface area contributed by atoms with E-state index >= 15 is 0 Å². The van der Waals surface area contributed by atoms with Gasteiger partial charge in [-0.2, -0.15) is 0 Å². The molecule has 1 saturated carbocycles. The van der Waals surface area contributed by atoms with E-state index in [4.69, 9.17) is 0 Å². The molecule has 3 rings (SSSR count). The number of imidazole rings is 1. The van der Waals surface area contributed by atoms with E-state index in [-0.39, 0.29) is 12.5 Å². The molecule has 7 heteroatoms. The lowest BCUT2D eigenvalue weighted by Crippen LogP contribution is -2.45. The molecular weight excluding hydrogens is 364 g/mol. The highest BCUT2D eigenvalue weighted by Crippen LogP contribution is 2.17. The third-order valence-electron chi connectivity index (χ3n) is 5.51. The molecule has 0 saturated heterocycles. The van der Waals surface area contributed by atoms with Crippen LogP contribution < -0.4 is 10.6 Å². The number of carbonyl (C=O) groups is 1. The number of hydrogen-bond donors (Lipinski definition) is 2. The van der Waals surface area contributed by atoms with Gasteiger partial charge in [-0.3, -0.25) is 4.79 Å². The van der Waals surface area contributed by atoms with E-state index in [1.54, 1.807) is 19.0 Å². The van der Waals surface area contributed by atoms with E-state index in [1.807, 2.05) is 6.07 Å². The number of rotatable bonds is 7. The van der Waals surface area contributed by atoms with Gasteiger partial charge in [0.15, 0.2) is 5.96 Å². The molecule has 1 aliphatic rings. The third-order valence-corrected chi connectivity index (χ3v) is 5.51. The number of amides is 1. The topological polar surface area (TPSA) is 74.5 Å². The standard InChI is InChI=1S/C22H34N6O/c1-17-25-19-12-7-8-13-20(19)28(17)15-9-14-23-22(24-16-21(29)27(2)3)26-18-10-5-4-6-11-18/h7-8,12-13,18H,4-6,9-11,14-16H2,1-3H3,(H2,23,24,26). The summed E-state index contributed by atoms with van der Waals surface area (Å²) in [6.07, 6.45) is 7.12. The van der Waals surface area contributed by atoms with Crippen molar-refractivity contribution in [3.63, 3.8) is 0 Å². The Morgan fingerprint density at radius 3 is 2.76 bits per heavy atom. The highest BCUT2D eigenvalue weighted by molar-refractivity contribution is 5.85. The van der Waals surface area contributed by atoms with Crippen molar-refractivity contribution < 1.29 is 4.79 Å². The van der Waals surface area contributed by atoms with Gasteiger partial charge in [0.05, 0.1) is 11.0 Å². The normalized spacial score (nSPS) is 15.5. The molecule has 0 radical (unpaired) electrons. The highest BCUT2D eigenvalue weighted by Gasteiger charge is 2.15. The van der Waals surface area contributed by atoms with Gasteiger partial charge in [0, 0.05) is 33.2 Å². The number of aryl methyl sites for hydroxylation is 2. The Morgan fingerprint density at radius 2 is 2.00 bits per heavy atom. The van der Waals surface area contributed by atoms with Crippen molar-refractivity contribution in [2.45, 2.75) is 58.0 Å². The van der Waals surface area contributed by atoms with E-state index in [1.165, 1.54) is 37.6 Å². The first kappa shape index (κ1) is 21.1. The van der Waals surface area contributed by atoms with Crippen molar-refractivity contribution in [1.29, 1.82) is 0 Å². The maximum Gasteiger partial charge on any atom is 0.243 e. The van der Waals surface area contributed by atoms with Crippen LogP contribution in [0.1, 0.15) is 44.3 Å². The number of nitrogens with zero attached hydrogens (tertiary/aromatic N) is 4. The van der Waals surface area contributed by atoms with Crippen LogP contribution in [0.4, 0.5) is 0 Å². The van der Waals surface area contributed by atoms with Crippen LogP contribution in [-0.2, 0) is 11.3 Å². The van der Waals surface area contributed by atoms with Crippen LogP contribution in [0.25, 0.3) is 11.0 Å². The third kappa shape index (κ3) is 5.95. The number of guanidine groups is 1. The number of aliphatic imine (C=N–C) groups is 1. The molecule has 2 aromatic rings. The molecule has 1 aromatic carbocycles. The maximum atomic E-state index is 11.9. The summed E-state index contributed by atoms with van der Waals surface area (Å²) in [5.41, 5.74) is 2.22. The van der Waals surface area contributed by atoms with E-state index < -0.39 is 0 Å². The van der Waals surface area contributed by atoms with Gasteiger partial charge in [-0.15, -0.1) is 0 Å². The first-order chi connectivity index (χ1) is 14.0. The highest BCUT2D eigenvalue weighted by atomic mass is 16.2. The van der Waals surface area contributed by atoms with Crippen LogP contribution in [0.3, 0.4) is 0 Å². The molecule has 158 valence electrons. The summed E-state index contributed by atoms with van der Waals surface area (Å²) in [7, 11) is 3.52. The van der Waals surface area contributed by atoms with Crippen molar-refractivity contribution in [2.75, 3.05) is 27.2 Å². The van der Waals surface area contributed by atoms with E-state index in [0.717, 1.165) is 36.8 Å². The van der Waals surface area contributed by atoms with Crippen molar-refractivity contribution in [2.24, 2.45) is 4.99 Å². The van der Waals surface area contributed by atoms with Crippen molar-refractivity contribution in [1.82, 2.24) is 25.1 Å². The quantitative estimate of drug-likeness (QED) is 0.427. The summed E-state index contributed by atoms with van der Waals surface area (Å²) >= 11 is 0. The zero-order valence-electron chi connectivity index (χ0n) is 17.9. The summed E-state index contributed by atoms with van der Waals surface area (Å²) in [4.78, 5) is 22.7. The van der Waals surface area contributed by atoms with Gasteiger partial charge in [-0.05, 0) is 38.3 Å². The number of para-hydroxylation sites is 2. The Labute approximate surface area is 173 Å². The Balaban J connectivity index is 1.56. The van der Waals surface area contributed by atoms with Gasteiger partial charge in [0.1, 0.15) is 12.4 Å². The Kier molecular flexibility index (Phi) is 7.49. The number of likely N-dealkylation sites (N-methyl/N-ethyl adjacent to an activating group) is 1. The van der Waals surface area contributed by atoms with Crippen molar-refractivity contribution in [3.8, 4) is 0 Å². The predicted molar refractivity (Wildman–Crippen MR) is 118 cm³/mol. The first-order valence-corrected chi connectivity index (χ1v) is 10.7. The molecule has 0 unspecified atom stereocenters. The molecule has 7 nitrogen and oxygen atoms in total. The van der Waals surface area contributed by atoms with Crippen LogP contribution in [0.2, 0.25) is 0 Å². The minimum Gasteiger partial charge on any atom is -0.356 e. The largest absolute Gasteiger partial charge is 0.356 e. The van der Waals surface area contributed by atoms with Crippen molar-refractivity contribution >= 4 is 22.9 Å². The summed E-state index contributed by atoms with van der Waals surface area (Å²) in [5.74, 6) is 1.80. The predicted octanol–water partition coefficient (Wildman–Crippen LogP) is 2.69. The van der Waals surface area contributed by atoms with Gasteiger partial charge >= 0.3 is 0 Å². The van der Waals surface area contributed by atoms with Crippen LogP contribution in [0.15, 0.2) is 29.3 Å². The Hall–Kier alpha value is -2.57. The molecule has 1 amide bonds. The van der Waals surface area contributed by atoms with Gasteiger partial charge in [-0.25, -0.2) is 9.98 Å². The lowest BCUT2D eigenvalue weighted by Gasteiger charge is -2.25. The first-order valence-electron chi connectivity index (χ1n) is 10.7. The maximum absolute atomic E-state index is 11.9. The number of benzene rings is 1. The minimum atomic E-state index is 0.00949. The summed E-state index contributed by atoms with van der Waals surface area (Å²) < 4.78 is 2.26. The molecule has 2 N–H and O–H groups in total. The summed E-state index contributed by atoms with van der Waals surface area (Å²) in [6, 6.07) is 8.70.